The lowest BCUT2D eigenvalue weighted by Crippen LogP contribution is -2.33. The maximum absolute atomic E-state index is 11.6. The monoisotopic (exact) mass is 302 g/mol. The van der Waals surface area contributed by atoms with Crippen molar-refractivity contribution in [3.8, 4) is 6.07 Å². The molecular formula is C18H26N2O2. The predicted octanol–water partition coefficient (Wildman–Crippen LogP) is 3.39. The van der Waals surface area contributed by atoms with Crippen LogP contribution in [0.25, 0.3) is 0 Å². The lowest BCUT2D eigenvalue weighted by Gasteiger charge is -2.21. The molecule has 0 saturated carbocycles. The first-order valence-corrected chi connectivity index (χ1v) is 7.73. The molecule has 1 aromatic rings. The molecule has 22 heavy (non-hydrogen) atoms. The second-order valence-corrected chi connectivity index (χ2v) is 6.45. The van der Waals surface area contributed by atoms with Crippen molar-refractivity contribution in [2.45, 2.75) is 58.1 Å². The fraction of sp³-hybridized carbons (Fsp3) is 0.556. The Morgan fingerprint density at radius 2 is 1.95 bits per heavy atom. The molecule has 2 atom stereocenters. The molecule has 1 aromatic carbocycles. The maximum Gasteiger partial charge on any atom is 0.306 e. The Hall–Kier alpha value is -1.86. The van der Waals surface area contributed by atoms with E-state index >= 15 is 0 Å². The summed E-state index contributed by atoms with van der Waals surface area (Å²) in [7, 11) is 0. The first kappa shape index (κ1) is 18.2. The number of hydrogen-bond acceptors (Lipinski definition) is 4. The average molecular weight is 302 g/mol. The molecule has 0 spiro atoms. The number of nitrogens with zero attached hydrogens (tertiary/aromatic N) is 1. The molecule has 0 radical (unpaired) electrons. The van der Waals surface area contributed by atoms with E-state index < -0.39 is 5.60 Å². The highest BCUT2D eigenvalue weighted by Gasteiger charge is 2.18. The summed E-state index contributed by atoms with van der Waals surface area (Å²) in [6.07, 6.45) is 1.02. The van der Waals surface area contributed by atoms with Crippen LogP contribution < -0.4 is 5.32 Å². The Labute approximate surface area is 133 Å². The van der Waals surface area contributed by atoms with E-state index in [1.807, 2.05) is 58.0 Å². The van der Waals surface area contributed by atoms with Crippen molar-refractivity contribution >= 4 is 5.97 Å². The van der Waals surface area contributed by atoms with Gasteiger partial charge in [0.25, 0.3) is 0 Å². The van der Waals surface area contributed by atoms with Crippen LogP contribution in [0.15, 0.2) is 30.3 Å². The standard InChI is InChI=1S/C18H26N2O2/c1-14(15-9-6-5-7-10-15)16(13-19)20-12-8-11-17(21)22-18(2,3)4/h5-7,9-10,14,16,20H,8,11-12H2,1-4H3. The van der Waals surface area contributed by atoms with E-state index in [1.165, 1.54) is 0 Å². The summed E-state index contributed by atoms with van der Waals surface area (Å²) in [4.78, 5) is 11.6. The van der Waals surface area contributed by atoms with Crippen LogP contribution in [0.3, 0.4) is 0 Å². The average Bonchev–Trinajstić information content (AvgIpc) is 2.46. The van der Waals surface area contributed by atoms with Gasteiger partial charge in [-0.3, -0.25) is 4.79 Å². The van der Waals surface area contributed by atoms with E-state index in [2.05, 4.69) is 11.4 Å². The number of nitriles is 1. The molecule has 0 aliphatic rings. The summed E-state index contributed by atoms with van der Waals surface area (Å²) in [5.74, 6) is -0.0911. The minimum Gasteiger partial charge on any atom is -0.460 e. The minimum absolute atomic E-state index is 0.104. The quantitative estimate of drug-likeness (QED) is 0.619. The van der Waals surface area contributed by atoms with Gasteiger partial charge in [-0.15, -0.1) is 0 Å². The number of benzene rings is 1. The molecule has 0 amide bonds. The number of hydrogen-bond donors (Lipinski definition) is 1. The third-order valence-electron chi connectivity index (χ3n) is 3.31. The smallest absolute Gasteiger partial charge is 0.306 e. The van der Waals surface area contributed by atoms with E-state index in [-0.39, 0.29) is 17.9 Å². The summed E-state index contributed by atoms with van der Waals surface area (Å²) in [6, 6.07) is 12.0. The van der Waals surface area contributed by atoms with Crippen LogP contribution in [-0.4, -0.2) is 24.2 Å². The molecule has 0 heterocycles. The van der Waals surface area contributed by atoms with E-state index in [0.717, 1.165) is 5.56 Å². The largest absolute Gasteiger partial charge is 0.460 e. The van der Waals surface area contributed by atoms with Gasteiger partial charge in [0, 0.05) is 12.3 Å². The zero-order valence-corrected chi connectivity index (χ0v) is 13.9. The molecule has 0 aliphatic carbocycles. The number of carbonyl (C=O) groups excluding carboxylic acids is 1. The van der Waals surface area contributed by atoms with Gasteiger partial charge in [0.15, 0.2) is 0 Å². The SMILES string of the molecule is CC(c1ccccc1)C(C#N)NCCCC(=O)OC(C)(C)C. The van der Waals surface area contributed by atoms with E-state index in [1.54, 1.807) is 0 Å². The highest BCUT2D eigenvalue weighted by Crippen LogP contribution is 2.18. The summed E-state index contributed by atoms with van der Waals surface area (Å²) in [5.41, 5.74) is 0.690. The molecule has 1 rings (SSSR count). The van der Waals surface area contributed by atoms with Crippen LogP contribution in [0.2, 0.25) is 0 Å². The van der Waals surface area contributed by atoms with Crippen LogP contribution >= 0.6 is 0 Å². The minimum atomic E-state index is -0.443. The van der Waals surface area contributed by atoms with Gasteiger partial charge < -0.3 is 10.1 Å². The van der Waals surface area contributed by atoms with Gasteiger partial charge in [0.2, 0.25) is 0 Å². The first-order chi connectivity index (χ1) is 10.3. The topological polar surface area (TPSA) is 62.1 Å². The Balaban J connectivity index is 2.36. The lowest BCUT2D eigenvalue weighted by atomic mass is 9.94. The molecule has 2 unspecified atom stereocenters. The van der Waals surface area contributed by atoms with Gasteiger partial charge in [-0.25, -0.2) is 0 Å². The Kier molecular flexibility index (Phi) is 7.07. The second-order valence-electron chi connectivity index (χ2n) is 6.45. The molecule has 0 saturated heterocycles. The summed E-state index contributed by atoms with van der Waals surface area (Å²) >= 11 is 0. The van der Waals surface area contributed by atoms with Gasteiger partial charge in [0.05, 0.1) is 6.07 Å². The third-order valence-corrected chi connectivity index (χ3v) is 3.31. The highest BCUT2D eigenvalue weighted by atomic mass is 16.6. The van der Waals surface area contributed by atoms with Crippen molar-refractivity contribution in [2.75, 3.05) is 6.54 Å². The Bertz CT molecular complexity index is 500. The number of esters is 1. The summed E-state index contributed by atoms with van der Waals surface area (Å²) < 4.78 is 5.26. The van der Waals surface area contributed by atoms with Crippen molar-refractivity contribution in [1.82, 2.24) is 5.32 Å². The van der Waals surface area contributed by atoms with E-state index in [0.29, 0.717) is 19.4 Å². The van der Waals surface area contributed by atoms with Crippen molar-refractivity contribution in [2.24, 2.45) is 0 Å². The second kappa shape index (κ2) is 8.55. The van der Waals surface area contributed by atoms with Crippen LogP contribution in [0.1, 0.15) is 52.0 Å². The van der Waals surface area contributed by atoms with Crippen LogP contribution in [0, 0.1) is 11.3 Å². The predicted molar refractivity (Wildman–Crippen MR) is 87.3 cm³/mol. The van der Waals surface area contributed by atoms with E-state index in [4.69, 9.17) is 4.74 Å². The van der Waals surface area contributed by atoms with Gasteiger partial charge in [-0.1, -0.05) is 37.3 Å². The summed E-state index contributed by atoms with van der Waals surface area (Å²) in [5, 5.41) is 12.5. The zero-order valence-electron chi connectivity index (χ0n) is 13.9. The molecule has 4 nitrogen and oxygen atoms in total. The van der Waals surface area contributed by atoms with Crippen molar-refractivity contribution in [3.05, 3.63) is 35.9 Å². The fourth-order valence-electron chi connectivity index (χ4n) is 2.17. The molecule has 0 aliphatic heterocycles. The molecule has 120 valence electrons. The van der Waals surface area contributed by atoms with Gasteiger partial charge in [-0.05, 0) is 39.3 Å². The number of nitrogens with one attached hydrogen (secondary N) is 1. The molecule has 1 N–H and O–H groups in total. The number of rotatable bonds is 7. The van der Waals surface area contributed by atoms with Crippen LogP contribution in [0.4, 0.5) is 0 Å². The summed E-state index contributed by atoms with van der Waals surface area (Å²) in [6.45, 7) is 8.22. The third kappa shape index (κ3) is 6.73. The number of carbonyl (C=O) groups is 1. The fourth-order valence-corrected chi connectivity index (χ4v) is 2.17. The molecule has 0 fully saturated rings. The van der Waals surface area contributed by atoms with Gasteiger partial charge in [0.1, 0.15) is 11.6 Å². The Morgan fingerprint density at radius 3 is 2.50 bits per heavy atom. The highest BCUT2D eigenvalue weighted by molar-refractivity contribution is 5.69. The molecule has 4 heteroatoms. The maximum atomic E-state index is 11.6. The van der Waals surface area contributed by atoms with Crippen molar-refractivity contribution in [3.63, 3.8) is 0 Å². The van der Waals surface area contributed by atoms with Gasteiger partial charge >= 0.3 is 5.97 Å². The Morgan fingerprint density at radius 1 is 1.32 bits per heavy atom. The molecule has 0 aromatic heterocycles. The van der Waals surface area contributed by atoms with Crippen molar-refractivity contribution in [1.29, 1.82) is 5.26 Å². The molecular weight excluding hydrogens is 276 g/mol. The number of ether oxygens (including phenoxy) is 1. The first-order valence-electron chi connectivity index (χ1n) is 7.73. The van der Waals surface area contributed by atoms with E-state index in [9.17, 15) is 10.1 Å². The molecule has 0 bridgehead atoms. The zero-order chi connectivity index (χ0) is 16.6. The van der Waals surface area contributed by atoms with Crippen LogP contribution in [-0.2, 0) is 9.53 Å². The van der Waals surface area contributed by atoms with Gasteiger partial charge in [-0.2, -0.15) is 5.26 Å². The van der Waals surface area contributed by atoms with Crippen molar-refractivity contribution < 1.29 is 9.53 Å². The lowest BCUT2D eigenvalue weighted by molar-refractivity contribution is -0.154. The normalized spacial score (nSPS) is 14.0. The van der Waals surface area contributed by atoms with Crippen LogP contribution in [0.5, 0.6) is 0 Å².